The highest BCUT2D eigenvalue weighted by atomic mass is 15.4. The van der Waals surface area contributed by atoms with Crippen LogP contribution < -0.4 is 0 Å². The molecule has 1 aliphatic carbocycles. The molecule has 2 unspecified atom stereocenters. The molecule has 0 radical (unpaired) electrons. The highest BCUT2D eigenvalue weighted by Gasteiger charge is 2.40. The first-order chi connectivity index (χ1) is 5.72. The van der Waals surface area contributed by atoms with Crippen LogP contribution in [0.25, 0.3) is 0 Å². The van der Waals surface area contributed by atoms with Crippen LogP contribution in [0.1, 0.15) is 25.7 Å². The van der Waals surface area contributed by atoms with Gasteiger partial charge in [-0.25, -0.2) is 0 Å². The number of likely N-dealkylation sites (N-methyl/N-ethyl adjacent to an activating group) is 2. The second-order valence-electron chi connectivity index (χ2n) is 3.96. The van der Waals surface area contributed by atoms with Crippen molar-refractivity contribution in [2.24, 2.45) is 0 Å². The molecule has 1 saturated carbocycles. The largest absolute Gasteiger partial charge is 0.341 e. The van der Waals surface area contributed by atoms with Crippen molar-refractivity contribution in [1.29, 1.82) is 5.41 Å². The molecule has 68 valence electrons. The first-order valence-electron chi connectivity index (χ1n) is 4.76. The van der Waals surface area contributed by atoms with E-state index in [1.165, 1.54) is 25.7 Å². The second kappa shape index (κ2) is 2.64. The molecule has 2 rings (SSSR count). The van der Waals surface area contributed by atoms with Gasteiger partial charge in [0.15, 0.2) is 5.96 Å². The van der Waals surface area contributed by atoms with Gasteiger partial charge in [0.2, 0.25) is 0 Å². The minimum Gasteiger partial charge on any atom is -0.341 e. The minimum atomic E-state index is 0.622. The van der Waals surface area contributed by atoms with Crippen molar-refractivity contribution < 1.29 is 0 Å². The minimum absolute atomic E-state index is 0.622. The summed E-state index contributed by atoms with van der Waals surface area (Å²) in [6.45, 7) is 0. The second-order valence-corrected chi connectivity index (χ2v) is 3.96. The molecule has 0 spiro atoms. The van der Waals surface area contributed by atoms with Crippen LogP contribution >= 0.6 is 0 Å². The topological polar surface area (TPSA) is 30.3 Å². The van der Waals surface area contributed by atoms with Crippen LogP contribution in [0.4, 0.5) is 0 Å². The van der Waals surface area contributed by atoms with Gasteiger partial charge in [0.25, 0.3) is 0 Å². The van der Waals surface area contributed by atoms with Crippen LogP contribution in [0.3, 0.4) is 0 Å². The Balaban J connectivity index is 2.19. The number of nitrogens with zero attached hydrogens (tertiary/aromatic N) is 2. The molecule has 2 fully saturated rings. The summed E-state index contributed by atoms with van der Waals surface area (Å²) in [5.41, 5.74) is 0. The van der Waals surface area contributed by atoms with Gasteiger partial charge in [-0.1, -0.05) is 12.8 Å². The summed E-state index contributed by atoms with van der Waals surface area (Å²) in [5, 5.41) is 7.81. The number of nitrogens with one attached hydrogen (secondary N) is 1. The Hall–Kier alpha value is -0.730. The normalized spacial score (nSPS) is 35.7. The van der Waals surface area contributed by atoms with Crippen molar-refractivity contribution >= 4 is 5.96 Å². The summed E-state index contributed by atoms with van der Waals surface area (Å²) >= 11 is 0. The number of guanidine groups is 1. The lowest BCUT2D eigenvalue weighted by atomic mass is 9.91. The Kier molecular flexibility index (Phi) is 1.74. The third-order valence-corrected chi connectivity index (χ3v) is 3.36. The molecule has 12 heavy (non-hydrogen) atoms. The van der Waals surface area contributed by atoms with E-state index in [-0.39, 0.29) is 0 Å². The van der Waals surface area contributed by atoms with Crippen molar-refractivity contribution in [3.05, 3.63) is 0 Å². The van der Waals surface area contributed by atoms with Gasteiger partial charge in [-0.2, -0.15) is 0 Å². The first-order valence-corrected chi connectivity index (χ1v) is 4.76. The number of rotatable bonds is 0. The maximum absolute atomic E-state index is 7.81. The fourth-order valence-electron chi connectivity index (χ4n) is 2.56. The van der Waals surface area contributed by atoms with Crippen LogP contribution in [-0.4, -0.2) is 41.9 Å². The Morgan fingerprint density at radius 3 is 1.92 bits per heavy atom. The third-order valence-electron chi connectivity index (χ3n) is 3.36. The summed E-state index contributed by atoms with van der Waals surface area (Å²) in [7, 11) is 4.10. The van der Waals surface area contributed by atoms with Gasteiger partial charge in [-0.15, -0.1) is 0 Å². The average Bonchev–Trinajstić information content (AvgIpc) is 2.33. The van der Waals surface area contributed by atoms with E-state index in [9.17, 15) is 0 Å². The van der Waals surface area contributed by atoms with Gasteiger partial charge in [-0.3, -0.25) is 5.41 Å². The molecule has 0 aromatic heterocycles. The molecular formula is C9H17N3. The Bertz CT molecular complexity index is 182. The van der Waals surface area contributed by atoms with E-state index in [1.54, 1.807) is 0 Å². The van der Waals surface area contributed by atoms with Crippen molar-refractivity contribution in [2.75, 3.05) is 14.1 Å². The molecule has 3 heteroatoms. The highest BCUT2D eigenvalue weighted by molar-refractivity contribution is 5.79. The number of hydrogen-bond acceptors (Lipinski definition) is 1. The zero-order chi connectivity index (χ0) is 8.72. The predicted octanol–water partition coefficient (Wildman–Crippen LogP) is 1.11. The molecule has 0 aromatic rings. The highest BCUT2D eigenvalue weighted by Crippen LogP contribution is 2.31. The van der Waals surface area contributed by atoms with Crippen molar-refractivity contribution in [1.82, 2.24) is 9.80 Å². The molecule has 1 heterocycles. The fourth-order valence-corrected chi connectivity index (χ4v) is 2.56. The quantitative estimate of drug-likeness (QED) is 0.586. The predicted molar refractivity (Wildman–Crippen MR) is 49.3 cm³/mol. The Morgan fingerprint density at radius 2 is 1.50 bits per heavy atom. The lowest BCUT2D eigenvalue weighted by molar-refractivity contribution is 0.233. The van der Waals surface area contributed by atoms with E-state index in [2.05, 4.69) is 23.9 Å². The number of hydrogen-bond donors (Lipinski definition) is 1. The van der Waals surface area contributed by atoms with Crippen molar-refractivity contribution in [2.45, 2.75) is 37.8 Å². The third kappa shape index (κ3) is 0.919. The van der Waals surface area contributed by atoms with Crippen molar-refractivity contribution in [3.8, 4) is 0 Å². The molecule has 2 atom stereocenters. The molecule has 2 aliphatic rings. The maximum Gasteiger partial charge on any atom is 0.193 e. The molecule has 0 bridgehead atoms. The molecule has 1 N–H and O–H groups in total. The van der Waals surface area contributed by atoms with E-state index in [1.807, 2.05) is 0 Å². The smallest absolute Gasteiger partial charge is 0.193 e. The summed E-state index contributed by atoms with van der Waals surface area (Å²) < 4.78 is 0. The van der Waals surface area contributed by atoms with E-state index >= 15 is 0 Å². The van der Waals surface area contributed by atoms with Crippen LogP contribution in [0.5, 0.6) is 0 Å². The Morgan fingerprint density at radius 1 is 1.08 bits per heavy atom. The van der Waals surface area contributed by atoms with Gasteiger partial charge in [0.05, 0.1) is 12.1 Å². The molecule has 0 amide bonds. The van der Waals surface area contributed by atoms with Gasteiger partial charge in [0, 0.05) is 14.1 Å². The molecule has 0 aromatic carbocycles. The lowest BCUT2D eigenvalue weighted by Crippen LogP contribution is -2.37. The van der Waals surface area contributed by atoms with E-state index in [4.69, 9.17) is 5.41 Å². The zero-order valence-electron chi connectivity index (χ0n) is 7.88. The van der Waals surface area contributed by atoms with E-state index in [0.717, 1.165) is 0 Å². The van der Waals surface area contributed by atoms with Gasteiger partial charge >= 0.3 is 0 Å². The van der Waals surface area contributed by atoms with Crippen LogP contribution in [-0.2, 0) is 0 Å². The molecule has 1 aliphatic heterocycles. The van der Waals surface area contributed by atoms with E-state index in [0.29, 0.717) is 18.0 Å². The van der Waals surface area contributed by atoms with Crippen molar-refractivity contribution in [3.63, 3.8) is 0 Å². The van der Waals surface area contributed by atoms with Gasteiger partial charge in [-0.05, 0) is 12.8 Å². The van der Waals surface area contributed by atoms with Crippen LogP contribution in [0, 0.1) is 5.41 Å². The lowest BCUT2D eigenvalue weighted by Gasteiger charge is -2.29. The Labute approximate surface area is 73.9 Å². The zero-order valence-corrected chi connectivity index (χ0v) is 7.88. The average molecular weight is 167 g/mol. The van der Waals surface area contributed by atoms with Crippen LogP contribution in [0.15, 0.2) is 0 Å². The summed E-state index contributed by atoms with van der Waals surface area (Å²) in [6, 6.07) is 1.24. The molecule has 3 nitrogen and oxygen atoms in total. The summed E-state index contributed by atoms with van der Waals surface area (Å²) in [6.07, 6.45) is 5.22. The monoisotopic (exact) mass is 167 g/mol. The van der Waals surface area contributed by atoms with E-state index < -0.39 is 0 Å². The van der Waals surface area contributed by atoms with Gasteiger partial charge in [0.1, 0.15) is 0 Å². The maximum atomic E-state index is 7.81. The SMILES string of the molecule is CN1C(=N)N(C)C2CCCCC21. The first kappa shape index (κ1) is 7.90. The molecular weight excluding hydrogens is 150 g/mol. The summed E-state index contributed by atoms with van der Waals surface area (Å²) in [5.74, 6) is 0.701. The number of fused-ring (bicyclic) bond motifs is 1. The fraction of sp³-hybridized carbons (Fsp3) is 0.889. The standard InChI is InChI=1S/C9H17N3/c1-11-7-5-3-4-6-8(7)12(2)9(11)10/h7-8,10H,3-6H2,1-2H3. The summed E-state index contributed by atoms with van der Waals surface area (Å²) in [4.78, 5) is 4.26. The van der Waals surface area contributed by atoms with Crippen LogP contribution in [0.2, 0.25) is 0 Å². The van der Waals surface area contributed by atoms with Gasteiger partial charge < -0.3 is 9.80 Å². The molecule has 1 saturated heterocycles.